The van der Waals surface area contributed by atoms with Crippen molar-refractivity contribution in [3.8, 4) is 0 Å². The average molecular weight is 404 g/mol. The minimum absolute atomic E-state index is 0.0234. The molecule has 2 heterocycles. The molecule has 2 aliphatic rings. The van der Waals surface area contributed by atoms with Gasteiger partial charge in [-0.25, -0.2) is 0 Å². The number of benzene rings is 2. The van der Waals surface area contributed by atoms with Crippen molar-refractivity contribution in [3.63, 3.8) is 0 Å². The number of hydrogen-bond acceptors (Lipinski definition) is 3. The highest BCUT2D eigenvalue weighted by molar-refractivity contribution is 5.58. The van der Waals surface area contributed by atoms with Crippen LogP contribution in [0, 0.1) is 5.92 Å². The largest absolute Gasteiger partial charge is 0.416 e. The van der Waals surface area contributed by atoms with Gasteiger partial charge in [-0.05, 0) is 50.2 Å². The molecule has 0 bridgehead atoms. The fraction of sp³-hybridized carbons (Fsp3) is 0.478. The van der Waals surface area contributed by atoms with Gasteiger partial charge in [0.1, 0.15) is 0 Å². The zero-order valence-corrected chi connectivity index (χ0v) is 16.7. The third-order valence-electron chi connectivity index (χ3n) is 6.19. The highest BCUT2D eigenvalue weighted by Gasteiger charge is 2.43. The summed E-state index contributed by atoms with van der Waals surface area (Å²) in [5, 5.41) is 3.50. The van der Waals surface area contributed by atoms with Gasteiger partial charge in [-0.2, -0.15) is 13.2 Å². The molecule has 4 rings (SSSR count). The molecule has 2 aromatic rings. The van der Waals surface area contributed by atoms with Crippen LogP contribution in [0.3, 0.4) is 0 Å². The molecular formula is C23H27F3N2O. The Labute approximate surface area is 169 Å². The third-order valence-corrected chi connectivity index (χ3v) is 6.19. The number of nitrogens with one attached hydrogen (secondary N) is 1. The Bertz CT molecular complexity index is 840. The summed E-state index contributed by atoms with van der Waals surface area (Å²) < 4.78 is 46.5. The summed E-state index contributed by atoms with van der Waals surface area (Å²) in [5.74, 6) is 0.0940. The van der Waals surface area contributed by atoms with Gasteiger partial charge in [0.15, 0.2) is 0 Å². The molecule has 0 spiro atoms. The molecule has 1 saturated heterocycles. The molecule has 156 valence electrons. The molecule has 3 nitrogen and oxygen atoms in total. The predicted octanol–water partition coefficient (Wildman–Crippen LogP) is 5.66. The Kier molecular flexibility index (Phi) is 5.58. The van der Waals surface area contributed by atoms with Gasteiger partial charge in [0.05, 0.1) is 23.8 Å². The van der Waals surface area contributed by atoms with Crippen molar-refractivity contribution in [1.29, 1.82) is 0 Å². The monoisotopic (exact) mass is 404 g/mol. The van der Waals surface area contributed by atoms with Gasteiger partial charge < -0.3 is 15.0 Å². The fourth-order valence-electron chi connectivity index (χ4n) is 4.53. The number of fused-ring (bicyclic) bond motifs is 3. The Morgan fingerprint density at radius 2 is 1.86 bits per heavy atom. The van der Waals surface area contributed by atoms with Crippen LogP contribution >= 0.6 is 0 Å². The zero-order chi connectivity index (χ0) is 20.6. The summed E-state index contributed by atoms with van der Waals surface area (Å²) in [4.78, 5) is 2.19. The number of likely N-dealkylation sites (N-methyl/N-ethyl adjacent to an activating group) is 1. The number of alkyl halides is 3. The van der Waals surface area contributed by atoms with E-state index in [0.29, 0.717) is 5.56 Å². The van der Waals surface area contributed by atoms with Gasteiger partial charge in [-0.3, -0.25) is 0 Å². The van der Waals surface area contributed by atoms with Gasteiger partial charge >= 0.3 is 6.18 Å². The van der Waals surface area contributed by atoms with Gasteiger partial charge in [0, 0.05) is 23.7 Å². The van der Waals surface area contributed by atoms with Crippen molar-refractivity contribution in [2.45, 2.75) is 44.2 Å². The van der Waals surface area contributed by atoms with Crippen LogP contribution in [0.1, 0.15) is 48.6 Å². The SMILES string of the molecule is CCN(C)C[C@H]1CC[C@@H]2[C@H](O1)c1cc(C(F)(F)F)ccc1N[C@H]2c1ccccc1. The molecule has 29 heavy (non-hydrogen) atoms. The van der Waals surface area contributed by atoms with E-state index in [0.717, 1.165) is 43.2 Å². The Morgan fingerprint density at radius 1 is 1.10 bits per heavy atom. The lowest BCUT2D eigenvalue weighted by Gasteiger charge is -2.46. The van der Waals surface area contributed by atoms with Crippen molar-refractivity contribution in [2.24, 2.45) is 5.92 Å². The number of anilines is 1. The van der Waals surface area contributed by atoms with Gasteiger partial charge in [-0.15, -0.1) is 0 Å². The molecule has 2 aromatic carbocycles. The van der Waals surface area contributed by atoms with Gasteiger partial charge in [0.2, 0.25) is 0 Å². The van der Waals surface area contributed by atoms with E-state index in [1.54, 1.807) is 6.07 Å². The van der Waals surface area contributed by atoms with E-state index < -0.39 is 11.7 Å². The van der Waals surface area contributed by atoms with Crippen LogP contribution in [-0.2, 0) is 10.9 Å². The van der Waals surface area contributed by atoms with E-state index in [4.69, 9.17) is 4.74 Å². The minimum Gasteiger partial charge on any atom is -0.378 e. The van der Waals surface area contributed by atoms with E-state index in [9.17, 15) is 13.2 Å². The number of nitrogens with zero attached hydrogens (tertiary/aromatic N) is 1. The van der Waals surface area contributed by atoms with Crippen LogP contribution in [0.25, 0.3) is 0 Å². The molecule has 1 N–H and O–H groups in total. The Morgan fingerprint density at radius 3 is 2.55 bits per heavy atom. The van der Waals surface area contributed by atoms with Crippen LogP contribution in [-0.4, -0.2) is 31.1 Å². The zero-order valence-electron chi connectivity index (χ0n) is 16.7. The summed E-state index contributed by atoms with van der Waals surface area (Å²) >= 11 is 0. The smallest absolute Gasteiger partial charge is 0.378 e. The van der Waals surface area contributed by atoms with E-state index in [1.165, 1.54) is 6.07 Å². The molecule has 0 aromatic heterocycles. The number of ether oxygens (including phenoxy) is 1. The van der Waals surface area contributed by atoms with Crippen molar-refractivity contribution >= 4 is 5.69 Å². The molecule has 0 amide bonds. The molecule has 1 fully saturated rings. The maximum atomic E-state index is 13.4. The summed E-state index contributed by atoms with van der Waals surface area (Å²) in [7, 11) is 2.04. The number of halogens is 3. The number of rotatable bonds is 4. The van der Waals surface area contributed by atoms with Crippen LogP contribution in [0.15, 0.2) is 48.5 Å². The first-order valence-electron chi connectivity index (χ1n) is 10.2. The minimum atomic E-state index is -4.36. The van der Waals surface area contributed by atoms with E-state index >= 15 is 0 Å². The van der Waals surface area contributed by atoms with Crippen LogP contribution in [0.5, 0.6) is 0 Å². The van der Waals surface area contributed by atoms with E-state index in [1.807, 2.05) is 25.2 Å². The van der Waals surface area contributed by atoms with Crippen LogP contribution in [0.2, 0.25) is 0 Å². The summed E-state index contributed by atoms with van der Waals surface area (Å²) in [6, 6.07) is 14.1. The Balaban J connectivity index is 1.71. The van der Waals surface area contributed by atoms with Crippen molar-refractivity contribution in [2.75, 3.05) is 25.5 Å². The second-order valence-electron chi connectivity index (χ2n) is 8.11. The van der Waals surface area contributed by atoms with Crippen molar-refractivity contribution in [3.05, 3.63) is 65.2 Å². The van der Waals surface area contributed by atoms with E-state index in [-0.39, 0.29) is 24.2 Å². The predicted molar refractivity (Wildman–Crippen MR) is 108 cm³/mol. The highest BCUT2D eigenvalue weighted by Crippen LogP contribution is 2.51. The third kappa shape index (κ3) is 4.14. The average Bonchev–Trinajstić information content (AvgIpc) is 2.72. The quantitative estimate of drug-likeness (QED) is 0.712. The first kappa shape index (κ1) is 20.2. The highest BCUT2D eigenvalue weighted by atomic mass is 19.4. The summed E-state index contributed by atoms with van der Waals surface area (Å²) in [6.45, 7) is 3.79. The molecule has 0 unspecified atom stereocenters. The molecule has 0 aliphatic carbocycles. The van der Waals surface area contributed by atoms with Crippen LogP contribution in [0.4, 0.5) is 18.9 Å². The first-order chi connectivity index (χ1) is 13.9. The topological polar surface area (TPSA) is 24.5 Å². The lowest BCUT2D eigenvalue weighted by molar-refractivity contribution is -0.138. The first-order valence-corrected chi connectivity index (χ1v) is 10.2. The normalized spacial score (nSPS) is 26.6. The molecule has 6 heteroatoms. The molecular weight excluding hydrogens is 377 g/mol. The number of hydrogen-bond donors (Lipinski definition) is 1. The van der Waals surface area contributed by atoms with Crippen LogP contribution < -0.4 is 5.32 Å². The maximum Gasteiger partial charge on any atom is 0.416 e. The standard InChI is InChI=1S/C23H27F3N2O/c1-3-28(2)14-17-10-11-18-21(15-7-5-4-6-8-15)27-20-12-9-16(23(24,25)26)13-19(20)22(18)29-17/h4-9,12-13,17-18,21-22,27H,3,10-11,14H2,1-2H3/t17-,18+,21+,22+/m1/s1. The summed E-state index contributed by atoms with van der Waals surface area (Å²) in [5.41, 5.74) is 1.88. The molecule has 0 saturated carbocycles. The second-order valence-corrected chi connectivity index (χ2v) is 8.11. The molecule has 2 aliphatic heterocycles. The van der Waals surface area contributed by atoms with Crippen molar-refractivity contribution < 1.29 is 17.9 Å². The second kappa shape index (κ2) is 8.00. The lowest BCUT2D eigenvalue weighted by atomic mass is 9.76. The maximum absolute atomic E-state index is 13.4. The molecule has 4 atom stereocenters. The summed E-state index contributed by atoms with van der Waals surface area (Å²) in [6.07, 6.45) is -2.86. The fourth-order valence-corrected chi connectivity index (χ4v) is 4.53. The Hall–Kier alpha value is -2.05. The lowest BCUT2D eigenvalue weighted by Crippen LogP contribution is -2.42. The van der Waals surface area contributed by atoms with Gasteiger partial charge in [0.25, 0.3) is 0 Å². The van der Waals surface area contributed by atoms with Gasteiger partial charge in [-0.1, -0.05) is 37.3 Å². The molecule has 0 radical (unpaired) electrons. The van der Waals surface area contributed by atoms with Crippen molar-refractivity contribution in [1.82, 2.24) is 4.90 Å². The van der Waals surface area contributed by atoms with E-state index in [2.05, 4.69) is 29.3 Å².